The van der Waals surface area contributed by atoms with Gasteiger partial charge >= 0.3 is 12.2 Å². The van der Waals surface area contributed by atoms with Gasteiger partial charge < -0.3 is 29.3 Å². The Labute approximate surface area is 196 Å². The van der Waals surface area contributed by atoms with Crippen molar-refractivity contribution in [3.05, 3.63) is 0 Å². The number of likely N-dealkylation sites (tertiary alicyclic amines) is 2. The molecular formula is C23H38N4O6. The van der Waals surface area contributed by atoms with E-state index in [1.165, 1.54) is 12.0 Å². The Bertz CT molecular complexity index is 763. The third-order valence-electron chi connectivity index (χ3n) is 6.05. The Balaban J connectivity index is 1.99. The molecule has 0 aromatic rings. The topological polar surface area (TPSA) is 123 Å². The fourth-order valence-electron chi connectivity index (χ4n) is 4.33. The quantitative estimate of drug-likeness (QED) is 0.674. The van der Waals surface area contributed by atoms with E-state index in [9.17, 15) is 24.8 Å². The van der Waals surface area contributed by atoms with Crippen molar-refractivity contribution in [3.8, 4) is 6.07 Å². The smallest absolute Gasteiger partial charge is 0.410 e. The average Bonchev–Trinajstić information content (AvgIpc) is 2.75. The molecule has 10 heteroatoms. The van der Waals surface area contributed by atoms with Crippen LogP contribution in [0.5, 0.6) is 0 Å². The number of hydrogen-bond acceptors (Lipinski definition) is 7. The summed E-state index contributed by atoms with van der Waals surface area (Å²) < 4.78 is 10.3. The van der Waals surface area contributed by atoms with E-state index in [1.807, 2.05) is 0 Å². The van der Waals surface area contributed by atoms with Gasteiger partial charge in [0.15, 0.2) is 0 Å². The Morgan fingerprint density at radius 2 is 1.61 bits per heavy atom. The maximum absolute atomic E-state index is 13.3. The molecule has 186 valence electrons. The van der Waals surface area contributed by atoms with E-state index in [0.29, 0.717) is 25.9 Å². The first-order valence-electron chi connectivity index (χ1n) is 11.5. The molecule has 0 bridgehead atoms. The molecule has 2 heterocycles. The lowest BCUT2D eigenvalue weighted by molar-refractivity contribution is -0.143. The second kappa shape index (κ2) is 10.2. The molecule has 3 amide bonds. The highest BCUT2D eigenvalue weighted by Crippen LogP contribution is 2.35. The van der Waals surface area contributed by atoms with Gasteiger partial charge in [-0.15, -0.1) is 0 Å². The lowest BCUT2D eigenvalue weighted by Gasteiger charge is -2.43. The van der Waals surface area contributed by atoms with Crippen molar-refractivity contribution >= 4 is 18.1 Å². The van der Waals surface area contributed by atoms with Gasteiger partial charge in [0.25, 0.3) is 0 Å². The number of aliphatic hydroxyl groups is 1. The molecule has 0 atom stereocenters. The third kappa shape index (κ3) is 6.97. The highest BCUT2D eigenvalue weighted by molar-refractivity contribution is 5.86. The lowest BCUT2D eigenvalue weighted by Crippen LogP contribution is -2.56. The van der Waals surface area contributed by atoms with Crippen LogP contribution in [0, 0.1) is 16.7 Å². The van der Waals surface area contributed by atoms with Crippen molar-refractivity contribution in [3.63, 3.8) is 0 Å². The maximum atomic E-state index is 13.3. The van der Waals surface area contributed by atoms with Gasteiger partial charge in [-0.25, -0.2) is 9.59 Å². The fraction of sp³-hybridized carbons (Fsp3) is 0.826. The Morgan fingerprint density at radius 1 is 1.06 bits per heavy atom. The van der Waals surface area contributed by atoms with Crippen LogP contribution in [0.2, 0.25) is 0 Å². The number of rotatable bonds is 4. The van der Waals surface area contributed by atoms with Crippen LogP contribution in [0.3, 0.4) is 0 Å². The second-order valence-corrected chi connectivity index (χ2v) is 10.6. The number of nitrogens with zero attached hydrogens (tertiary/aromatic N) is 4. The number of ether oxygens (including phenoxy) is 2. The summed E-state index contributed by atoms with van der Waals surface area (Å²) in [5, 5.41) is 20.1. The van der Waals surface area contributed by atoms with Crippen molar-refractivity contribution in [2.24, 2.45) is 5.41 Å². The summed E-state index contributed by atoms with van der Waals surface area (Å²) in [4.78, 5) is 42.7. The van der Waals surface area contributed by atoms with Crippen LogP contribution in [-0.2, 0) is 14.3 Å². The molecular weight excluding hydrogens is 428 g/mol. The standard InChI is InChI=1S/C23H38N4O6/c1-21(2,3)33-19(29)26-13-9-23(15-24,10-14-26)18(28)25-11-7-17(8-12-25)27(20(30)32-6)16-22(4,5)31/h17,31H,7-14,16H2,1-6H3. The van der Waals surface area contributed by atoms with Crippen molar-refractivity contribution in [2.45, 2.75) is 77.5 Å². The molecule has 0 aromatic carbocycles. The zero-order valence-corrected chi connectivity index (χ0v) is 20.7. The monoisotopic (exact) mass is 466 g/mol. The predicted octanol–water partition coefficient (Wildman–Crippen LogP) is 2.36. The minimum atomic E-state index is -1.17. The summed E-state index contributed by atoms with van der Waals surface area (Å²) in [6.07, 6.45) is 0.635. The highest BCUT2D eigenvalue weighted by atomic mass is 16.6. The first-order chi connectivity index (χ1) is 15.2. The van der Waals surface area contributed by atoms with E-state index in [4.69, 9.17) is 9.47 Å². The Morgan fingerprint density at radius 3 is 2.03 bits per heavy atom. The van der Waals surface area contributed by atoms with Gasteiger partial charge in [-0.1, -0.05) is 0 Å². The van der Waals surface area contributed by atoms with Crippen molar-refractivity contribution in [1.82, 2.24) is 14.7 Å². The van der Waals surface area contributed by atoms with Crippen molar-refractivity contribution in [2.75, 3.05) is 39.8 Å². The number of carbonyl (C=O) groups is 3. The van der Waals surface area contributed by atoms with E-state index >= 15 is 0 Å². The summed E-state index contributed by atoms with van der Waals surface area (Å²) in [6, 6.07) is 2.06. The summed E-state index contributed by atoms with van der Waals surface area (Å²) in [5.74, 6) is -0.223. The van der Waals surface area contributed by atoms with Crippen LogP contribution in [-0.4, -0.2) is 95.0 Å². The van der Waals surface area contributed by atoms with Crippen molar-refractivity contribution < 1.29 is 29.0 Å². The SMILES string of the molecule is COC(=O)N(CC(C)(C)O)C1CCN(C(=O)C2(C#N)CCN(C(=O)OC(C)(C)C)CC2)CC1. The minimum Gasteiger partial charge on any atom is -0.453 e. The largest absolute Gasteiger partial charge is 0.453 e. The molecule has 2 rings (SSSR count). The first-order valence-corrected chi connectivity index (χ1v) is 11.5. The molecule has 2 saturated heterocycles. The zero-order chi connectivity index (χ0) is 25.0. The molecule has 33 heavy (non-hydrogen) atoms. The van der Waals surface area contributed by atoms with Crippen LogP contribution in [0.1, 0.15) is 60.3 Å². The fourth-order valence-corrected chi connectivity index (χ4v) is 4.33. The molecule has 0 aromatic heterocycles. The number of hydrogen-bond donors (Lipinski definition) is 1. The van der Waals surface area contributed by atoms with Crippen LogP contribution in [0.4, 0.5) is 9.59 Å². The van der Waals surface area contributed by atoms with E-state index in [-0.39, 0.29) is 44.4 Å². The molecule has 0 unspecified atom stereocenters. The summed E-state index contributed by atoms with van der Waals surface area (Å²) in [6.45, 7) is 10.1. The highest BCUT2D eigenvalue weighted by Gasteiger charge is 2.46. The van der Waals surface area contributed by atoms with Gasteiger partial charge in [0, 0.05) is 32.2 Å². The molecule has 0 aliphatic carbocycles. The van der Waals surface area contributed by atoms with E-state index < -0.39 is 28.8 Å². The van der Waals surface area contributed by atoms with Gasteiger partial charge in [0.1, 0.15) is 11.0 Å². The maximum Gasteiger partial charge on any atom is 0.410 e. The van der Waals surface area contributed by atoms with Gasteiger partial charge in [-0.3, -0.25) is 4.79 Å². The van der Waals surface area contributed by atoms with Crippen molar-refractivity contribution in [1.29, 1.82) is 5.26 Å². The number of amides is 3. The van der Waals surface area contributed by atoms with Crippen LogP contribution in [0.15, 0.2) is 0 Å². The Hall–Kier alpha value is -2.54. The molecule has 10 nitrogen and oxygen atoms in total. The molecule has 2 aliphatic rings. The van der Waals surface area contributed by atoms with Crippen LogP contribution < -0.4 is 0 Å². The summed E-state index contributed by atoms with van der Waals surface area (Å²) >= 11 is 0. The minimum absolute atomic E-state index is 0.126. The molecule has 2 aliphatic heterocycles. The molecule has 0 radical (unpaired) electrons. The Kier molecular flexibility index (Phi) is 8.22. The number of carbonyl (C=O) groups excluding carboxylic acids is 3. The van der Waals surface area contributed by atoms with Gasteiger partial charge in [-0.2, -0.15) is 5.26 Å². The lowest BCUT2D eigenvalue weighted by atomic mass is 9.78. The number of piperidine rings is 2. The van der Waals surface area contributed by atoms with Crippen LogP contribution in [0.25, 0.3) is 0 Å². The number of methoxy groups -OCH3 is 1. The molecule has 0 spiro atoms. The normalized spacial score (nSPS) is 19.5. The van der Waals surface area contributed by atoms with E-state index in [2.05, 4.69) is 6.07 Å². The third-order valence-corrected chi connectivity index (χ3v) is 6.05. The predicted molar refractivity (Wildman–Crippen MR) is 120 cm³/mol. The van der Waals surface area contributed by atoms with Crippen LogP contribution >= 0.6 is 0 Å². The zero-order valence-electron chi connectivity index (χ0n) is 20.7. The van der Waals surface area contributed by atoms with Gasteiger partial charge in [-0.05, 0) is 60.3 Å². The number of nitriles is 1. The van der Waals surface area contributed by atoms with Gasteiger partial charge in [0.2, 0.25) is 5.91 Å². The molecule has 2 fully saturated rings. The van der Waals surface area contributed by atoms with Gasteiger partial charge in [0.05, 0.1) is 25.3 Å². The molecule has 1 N–H and O–H groups in total. The summed E-state index contributed by atoms with van der Waals surface area (Å²) in [5.41, 5.74) is -2.85. The van der Waals surface area contributed by atoms with E-state index in [0.717, 1.165) is 0 Å². The molecule has 0 saturated carbocycles. The summed E-state index contributed by atoms with van der Waals surface area (Å²) in [7, 11) is 1.30. The van der Waals surface area contributed by atoms with E-state index in [1.54, 1.807) is 44.4 Å². The first kappa shape index (κ1) is 26.7. The average molecular weight is 467 g/mol. The second-order valence-electron chi connectivity index (χ2n) is 10.6.